The van der Waals surface area contributed by atoms with Crippen LogP contribution in [0.2, 0.25) is 0 Å². The molecule has 6 nitrogen and oxygen atoms in total. The Balaban J connectivity index is 1.57. The molecule has 162 valence electrons. The number of aryl methyl sites for hydroxylation is 4. The van der Waals surface area contributed by atoms with E-state index in [0.29, 0.717) is 17.0 Å². The molecule has 1 saturated carbocycles. The third kappa shape index (κ3) is 3.47. The smallest absolute Gasteiger partial charge is 0.263 e. The molecule has 1 N–H and O–H groups in total. The predicted octanol–water partition coefficient (Wildman–Crippen LogP) is 5.40. The molecule has 9 heteroatoms. The number of hydrogen-bond acceptors (Lipinski definition) is 7. The first-order valence-electron chi connectivity index (χ1n) is 10.5. The topological polar surface area (TPSA) is 80.6 Å². The lowest BCUT2D eigenvalue weighted by Crippen LogP contribution is -2.26. The number of hydrogen-bond donors (Lipinski definition) is 1. The van der Waals surface area contributed by atoms with E-state index in [2.05, 4.69) is 4.98 Å². The van der Waals surface area contributed by atoms with Gasteiger partial charge in [-0.15, -0.1) is 22.7 Å². The van der Waals surface area contributed by atoms with E-state index >= 15 is 0 Å². The monoisotopic (exact) mass is 472 g/mol. The van der Waals surface area contributed by atoms with E-state index in [1.807, 2.05) is 32.3 Å². The molecule has 1 aliphatic rings. The average molecular weight is 473 g/mol. The Bertz CT molecular complexity index is 1440. The van der Waals surface area contributed by atoms with E-state index < -0.39 is 0 Å². The standard InChI is InChI=1S/C22H24N4O2S3/c1-10-12(3)30-19-16(10)18(27)23-15(24-19)9-29-22-25-20-17(11(2)13(4)31-20)21(28)26(22)14-7-5-6-8-14/h14H,5-9H2,1-4H3,(H,23,24,27). The summed E-state index contributed by atoms with van der Waals surface area (Å²) >= 11 is 4.62. The molecule has 0 amide bonds. The van der Waals surface area contributed by atoms with Gasteiger partial charge in [-0.1, -0.05) is 24.6 Å². The molecular weight excluding hydrogens is 448 g/mol. The molecule has 1 aliphatic carbocycles. The highest BCUT2D eigenvalue weighted by molar-refractivity contribution is 7.98. The molecule has 0 atom stereocenters. The van der Waals surface area contributed by atoms with Crippen molar-refractivity contribution in [1.82, 2.24) is 19.5 Å². The van der Waals surface area contributed by atoms with Crippen LogP contribution in [-0.4, -0.2) is 19.5 Å². The molecule has 1 fully saturated rings. The van der Waals surface area contributed by atoms with E-state index in [9.17, 15) is 9.59 Å². The van der Waals surface area contributed by atoms with Crippen molar-refractivity contribution in [3.05, 3.63) is 47.4 Å². The normalized spacial score (nSPS) is 15.0. The predicted molar refractivity (Wildman–Crippen MR) is 130 cm³/mol. The summed E-state index contributed by atoms with van der Waals surface area (Å²) in [6.45, 7) is 8.03. The fraction of sp³-hybridized carbons (Fsp3) is 0.455. The van der Waals surface area contributed by atoms with Crippen molar-refractivity contribution >= 4 is 54.9 Å². The van der Waals surface area contributed by atoms with Gasteiger partial charge in [0.05, 0.1) is 16.5 Å². The zero-order valence-electron chi connectivity index (χ0n) is 18.0. The van der Waals surface area contributed by atoms with Crippen LogP contribution >= 0.6 is 34.4 Å². The van der Waals surface area contributed by atoms with Gasteiger partial charge < -0.3 is 4.98 Å². The van der Waals surface area contributed by atoms with Crippen molar-refractivity contribution in [2.45, 2.75) is 70.3 Å². The average Bonchev–Trinajstić information content (AvgIpc) is 3.41. The number of fused-ring (bicyclic) bond motifs is 2. The number of aromatic nitrogens is 4. The van der Waals surface area contributed by atoms with E-state index in [1.54, 1.807) is 22.7 Å². The maximum Gasteiger partial charge on any atom is 0.263 e. The Hall–Kier alpha value is -1.97. The molecule has 4 aromatic rings. The minimum atomic E-state index is -0.0939. The summed E-state index contributed by atoms with van der Waals surface area (Å²) in [5, 5.41) is 2.17. The van der Waals surface area contributed by atoms with Crippen LogP contribution in [0.4, 0.5) is 0 Å². The largest absolute Gasteiger partial charge is 0.309 e. The number of nitrogens with one attached hydrogen (secondary N) is 1. The van der Waals surface area contributed by atoms with Crippen molar-refractivity contribution < 1.29 is 0 Å². The van der Waals surface area contributed by atoms with Gasteiger partial charge in [0.1, 0.15) is 15.5 Å². The summed E-state index contributed by atoms with van der Waals surface area (Å²) in [6.07, 6.45) is 4.31. The van der Waals surface area contributed by atoms with Crippen molar-refractivity contribution in [3.8, 4) is 0 Å². The van der Waals surface area contributed by atoms with Gasteiger partial charge in [-0.25, -0.2) is 9.97 Å². The molecule has 0 saturated heterocycles. The van der Waals surface area contributed by atoms with Gasteiger partial charge in [0.15, 0.2) is 5.16 Å². The van der Waals surface area contributed by atoms with Crippen LogP contribution in [0.1, 0.15) is 58.4 Å². The molecular formula is C22H24N4O2S3. The molecule has 0 spiro atoms. The van der Waals surface area contributed by atoms with Crippen LogP contribution in [0, 0.1) is 27.7 Å². The molecule has 0 radical (unpaired) electrons. The SMILES string of the molecule is Cc1sc2nc(CSc3nc4sc(C)c(C)c4c(=O)n3C3CCCC3)[nH]c(=O)c2c1C. The Labute approximate surface area is 191 Å². The summed E-state index contributed by atoms with van der Waals surface area (Å²) in [5.41, 5.74) is 2.02. The third-order valence-corrected chi connectivity index (χ3v) is 9.48. The molecule has 0 bridgehead atoms. The highest BCUT2D eigenvalue weighted by Gasteiger charge is 2.25. The summed E-state index contributed by atoms with van der Waals surface area (Å²) in [7, 11) is 0. The Morgan fingerprint density at radius 1 is 0.968 bits per heavy atom. The third-order valence-electron chi connectivity index (χ3n) is 6.32. The van der Waals surface area contributed by atoms with Crippen LogP contribution in [0.25, 0.3) is 20.4 Å². The Kier molecular flexibility index (Phi) is 5.30. The second kappa shape index (κ2) is 7.86. The summed E-state index contributed by atoms with van der Waals surface area (Å²) < 4.78 is 1.91. The zero-order valence-corrected chi connectivity index (χ0v) is 20.4. The van der Waals surface area contributed by atoms with Crippen molar-refractivity contribution in [2.75, 3.05) is 0 Å². The fourth-order valence-corrected chi connectivity index (χ4v) is 7.43. The lowest BCUT2D eigenvalue weighted by Gasteiger charge is -2.18. The first-order valence-corrected chi connectivity index (χ1v) is 13.1. The minimum Gasteiger partial charge on any atom is -0.309 e. The van der Waals surface area contributed by atoms with Gasteiger partial charge in [0.2, 0.25) is 0 Å². The highest BCUT2D eigenvalue weighted by Crippen LogP contribution is 2.35. The Morgan fingerprint density at radius 3 is 2.26 bits per heavy atom. The number of thioether (sulfide) groups is 1. The van der Waals surface area contributed by atoms with Crippen LogP contribution in [0.3, 0.4) is 0 Å². The second-order valence-corrected chi connectivity index (χ2v) is 11.6. The molecule has 5 rings (SSSR count). The maximum atomic E-state index is 13.5. The maximum absolute atomic E-state index is 13.5. The van der Waals surface area contributed by atoms with Gasteiger partial charge in [-0.05, 0) is 51.7 Å². The fourth-order valence-electron chi connectivity index (χ4n) is 4.37. The molecule has 31 heavy (non-hydrogen) atoms. The van der Waals surface area contributed by atoms with Crippen LogP contribution in [0.15, 0.2) is 14.7 Å². The van der Waals surface area contributed by atoms with E-state index in [1.165, 1.54) is 11.8 Å². The highest BCUT2D eigenvalue weighted by atomic mass is 32.2. The number of aromatic amines is 1. The first kappa shape index (κ1) is 20.9. The van der Waals surface area contributed by atoms with E-state index in [-0.39, 0.29) is 17.2 Å². The quantitative estimate of drug-likeness (QED) is 0.318. The lowest BCUT2D eigenvalue weighted by atomic mass is 10.2. The zero-order chi connectivity index (χ0) is 21.9. The van der Waals surface area contributed by atoms with Crippen LogP contribution in [0.5, 0.6) is 0 Å². The number of H-pyrrole nitrogens is 1. The van der Waals surface area contributed by atoms with Gasteiger partial charge in [-0.2, -0.15) is 0 Å². The summed E-state index contributed by atoms with van der Waals surface area (Å²) in [6, 6.07) is 0.198. The lowest BCUT2D eigenvalue weighted by molar-refractivity contribution is 0.458. The summed E-state index contributed by atoms with van der Waals surface area (Å²) in [4.78, 5) is 42.5. The van der Waals surface area contributed by atoms with Gasteiger partial charge >= 0.3 is 0 Å². The summed E-state index contributed by atoms with van der Waals surface area (Å²) in [5.74, 6) is 1.09. The second-order valence-electron chi connectivity index (χ2n) is 8.24. The van der Waals surface area contributed by atoms with Gasteiger partial charge in [-0.3, -0.25) is 14.2 Å². The molecule has 0 aromatic carbocycles. The van der Waals surface area contributed by atoms with E-state index in [0.717, 1.165) is 66.8 Å². The van der Waals surface area contributed by atoms with Gasteiger partial charge in [0, 0.05) is 15.8 Å². The molecule has 4 aromatic heterocycles. The number of rotatable bonds is 4. The number of nitrogens with zero attached hydrogens (tertiary/aromatic N) is 3. The minimum absolute atomic E-state index is 0.0719. The van der Waals surface area contributed by atoms with Crippen molar-refractivity contribution in [1.29, 1.82) is 0 Å². The molecule has 0 aliphatic heterocycles. The van der Waals surface area contributed by atoms with Crippen molar-refractivity contribution in [2.24, 2.45) is 0 Å². The molecule has 0 unspecified atom stereocenters. The van der Waals surface area contributed by atoms with Crippen LogP contribution < -0.4 is 11.1 Å². The molecule has 4 heterocycles. The Morgan fingerprint density at radius 2 is 1.58 bits per heavy atom. The first-order chi connectivity index (χ1) is 14.8. The van der Waals surface area contributed by atoms with Gasteiger partial charge in [0.25, 0.3) is 11.1 Å². The van der Waals surface area contributed by atoms with Crippen LogP contribution in [-0.2, 0) is 5.75 Å². The number of thiophene rings is 2. The van der Waals surface area contributed by atoms with Crippen molar-refractivity contribution in [3.63, 3.8) is 0 Å². The van der Waals surface area contributed by atoms with E-state index in [4.69, 9.17) is 9.97 Å².